The smallest absolute Gasteiger partial charge is 0.139 e. The number of nitrogens with zero attached hydrogens (tertiary/aromatic N) is 4. The van der Waals surface area contributed by atoms with Crippen LogP contribution in [0.5, 0.6) is 0 Å². The molecule has 0 spiro atoms. The highest BCUT2D eigenvalue weighted by molar-refractivity contribution is 5.54. The van der Waals surface area contributed by atoms with Gasteiger partial charge >= 0.3 is 0 Å². The number of piperidine rings is 1. The summed E-state index contributed by atoms with van der Waals surface area (Å²) in [6.07, 6.45) is 7.17. The van der Waals surface area contributed by atoms with Gasteiger partial charge < -0.3 is 9.88 Å². The third-order valence-corrected chi connectivity index (χ3v) is 6.14. The second-order valence-corrected chi connectivity index (χ2v) is 8.03. The Morgan fingerprint density at radius 2 is 1.96 bits per heavy atom. The van der Waals surface area contributed by atoms with Crippen LogP contribution < -0.4 is 4.90 Å². The van der Waals surface area contributed by atoms with E-state index in [4.69, 9.17) is 4.98 Å². The maximum atomic E-state index is 4.83. The maximum absolute atomic E-state index is 4.83. The molecule has 2 aliphatic heterocycles. The molecule has 5 heteroatoms. The zero-order valence-electron chi connectivity index (χ0n) is 16.4. The van der Waals surface area contributed by atoms with Crippen LogP contribution in [0, 0.1) is 6.92 Å². The van der Waals surface area contributed by atoms with E-state index < -0.39 is 0 Å². The lowest BCUT2D eigenvalue weighted by Gasteiger charge is -2.40. The highest BCUT2D eigenvalue weighted by Crippen LogP contribution is 2.28. The van der Waals surface area contributed by atoms with Crippen LogP contribution in [0.2, 0.25) is 0 Å². The minimum atomic E-state index is 0.666. The van der Waals surface area contributed by atoms with Crippen molar-refractivity contribution in [2.45, 2.75) is 38.8 Å². The number of aromatic amines is 1. The Balaban J connectivity index is 1.24. The predicted octanol–water partition coefficient (Wildman–Crippen LogP) is 3.81. The third-order valence-electron chi connectivity index (χ3n) is 6.14. The molecule has 3 aromatic rings. The molecule has 1 N–H and O–H groups in total. The number of hydrogen-bond acceptors (Lipinski definition) is 4. The molecule has 0 amide bonds. The molecular weight excluding hydrogens is 346 g/mol. The predicted molar refractivity (Wildman–Crippen MR) is 112 cm³/mol. The van der Waals surface area contributed by atoms with E-state index in [-0.39, 0.29) is 0 Å². The van der Waals surface area contributed by atoms with Gasteiger partial charge in [-0.15, -0.1) is 0 Å². The fourth-order valence-electron chi connectivity index (χ4n) is 4.58. The number of nitrogens with one attached hydrogen (secondary N) is 1. The van der Waals surface area contributed by atoms with Gasteiger partial charge in [-0.1, -0.05) is 12.1 Å². The lowest BCUT2D eigenvalue weighted by molar-refractivity contribution is 0.151. The van der Waals surface area contributed by atoms with Gasteiger partial charge in [0, 0.05) is 62.3 Å². The number of fused-ring (bicyclic) bond motifs is 1. The van der Waals surface area contributed by atoms with Gasteiger partial charge in [0.1, 0.15) is 5.82 Å². The van der Waals surface area contributed by atoms with E-state index >= 15 is 0 Å². The van der Waals surface area contributed by atoms with Crippen molar-refractivity contribution in [3.8, 4) is 11.4 Å². The van der Waals surface area contributed by atoms with E-state index in [0.717, 1.165) is 44.0 Å². The Morgan fingerprint density at radius 3 is 2.75 bits per heavy atom. The Morgan fingerprint density at radius 1 is 1.07 bits per heavy atom. The third kappa shape index (κ3) is 3.42. The van der Waals surface area contributed by atoms with E-state index in [0.29, 0.717) is 6.04 Å². The molecule has 0 aliphatic carbocycles. The van der Waals surface area contributed by atoms with E-state index in [1.807, 2.05) is 12.3 Å². The van der Waals surface area contributed by atoms with Crippen LogP contribution in [0.4, 0.5) is 5.69 Å². The molecule has 2 aromatic heterocycles. The molecule has 0 bridgehead atoms. The number of imidazole rings is 1. The standard InChI is InChI=1S/C23H27N5/c1-17-4-2-6-20(14-17)27-11-7-19(8-12-27)28-13-9-21-22(16-28)26-23(25-21)18-5-3-10-24-15-18/h2-6,10,14-15,19H,7-9,11-13,16H2,1H3,(H,25,26). The first-order valence-electron chi connectivity index (χ1n) is 10.3. The van der Waals surface area contributed by atoms with Gasteiger partial charge in [0.15, 0.2) is 0 Å². The molecule has 28 heavy (non-hydrogen) atoms. The van der Waals surface area contributed by atoms with Gasteiger partial charge in [0.25, 0.3) is 0 Å². The summed E-state index contributed by atoms with van der Waals surface area (Å²) in [6.45, 7) is 6.55. The summed E-state index contributed by atoms with van der Waals surface area (Å²) in [5.74, 6) is 0.953. The number of hydrogen-bond donors (Lipinski definition) is 1. The van der Waals surface area contributed by atoms with Crippen LogP contribution in [0.1, 0.15) is 29.8 Å². The Labute approximate surface area is 166 Å². The van der Waals surface area contributed by atoms with E-state index in [1.165, 1.54) is 35.5 Å². The zero-order chi connectivity index (χ0) is 18.9. The first-order chi connectivity index (χ1) is 13.8. The number of rotatable bonds is 3. The molecule has 144 valence electrons. The largest absolute Gasteiger partial charge is 0.371 e. The van der Waals surface area contributed by atoms with Gasteiger partial charge in [-0.2, -0.15) is 0 Å². The molecule has 5 rings (SSSR count). The second-order valence-electron chi connectivity index (χ2n) is 8.03. The summed E-state index contributed by atoms with van der Waals surface area (Å²) in [5.41, 5.74) is 6.29. The summed E-state index contributed by atoms with van der Waals surface area (Å²) in [7, 11) is 0. The Bertz CT molecular complexity index is 941. The molecule has 0 radical (unpaired) electrons. The maximum Gasteiger partial charge on any atom is 0.139 e. The SMILES string of the molecule is Cc1cccc(N2CCC(N3CCc4nc(-c5cccnc5)[nH]c4C3)CC2)c1. The average molecular weight is 374 g/mol. The summed E-state index contributed by atoms with van der Waals surface area (Å²) in [5, 5.41) is 0. The van der Waals surface area contributed by atoms with Crippen molar-refractivity contribution in [1.82, 2.24) is 19.9 Å². The van der Waals surface area contributed by atoms with Crippen LogP contribution in [0.15, 0.2) is 48.8 Å². The molecule has 2 aliphatic rings. The lowest BCUT2D eigenvalue weighted by Crippen LogP contribution is -2.46. The Hall–Kier alpha value is -2.66. The van der Waals surface area contributed by atoms with Crippen molar-refractivity contribution in [1.29, 1.82) is 0 Å². The molecule has 0 unspecified atom stereocenters. The summed E-state index contributed by atoms with van der Waals surface area (Å²) in [6, 6.07) is 13.6. The first-order valence-corrected chi connectivity index (χ1v) is 10.3. The highest BCUT2D eigenvalue weighted by Gasteiger charge is 2.29. The molecule has 5 nitrogen and oxygen atoms in total. The van der Waals surface area contributed by atoms with Gasteiger partial charge in [-0.3, -0.25) is 9.88 Å². The van der Waals surface area contributed by atoms with Gasteiger partial charge in [0.2, 0.25) is 0 Å². The van der Waals surface area contributed by atoms with Crippen molar-refractivity contribution in [3.05, 3.63) is 65.7 Å². The topological polar surface area (TPSA) is 48.1 Å². The molecule has 0 saturated carbocycles. The van der Waals surface area contributed by atoms with Gasteiger partial charge in [-0.25, -0.2) is 4.98 Å². The van der Waals surface area contributed by atoms with Crippen LogP contribution >= 0.6 is 0 Å². The molecule has 4 heterocycles. The van der Waals surface area contributed by atoms with E-state index in [9.17, 15) is 0 Å². The number of pyridine rings is 1. The number of benzene rings is 1. The lowest BCUT2D eigenvalue weighted by atomic mass is 9.99. The first kappa shape index (κ1) is 17.4. The second kappa shape index (κ2) is 7.40. The van der Waals surface area contributed by atoms with Gasteiger partial charge in [-0.05, 0) is 49.6 Å². The van der Waals surface area contributed by atoms with E-state index in [2.05, 4.69) is 57.0 Å². The molecular formula is C23H27N5. The van der Waals surface area contributed by atoms with Crippen molar-refractivity contribution < 1.29 is 0 Å². The van der Waals surface area contributed by atoms with Crippen LogP contribution in [0.3, 0.4) is 0 Å². The minimum Gasteiger partial charge on any atom is -0.371 e. The fourth-order valence-corrected chi connectivity index (χ4v) is 4.58. The average Bonchev–Trinajstić information content (AvgIpc) is 3.18. The van der Waals surface area contributed by atoms with Crippen molar-refractivity contribution in [3.63, 3.8) is 0 Å². The van der Waals surface area contributed by atoms with Crippen LogP contribution in [0.25, 0.3) is 11.4 Å². The fraction of sp³-hybridized carbons (Fsp3) is 0.391. The number of H-pyrrole nitrogens is 1. The summed E-state index contributed by atoms with van der Waals surface area (Å²) in [4.78, 5) is 17.8. The number of aromatic nitrogens is 3. The quantitative estimate of drug-likeness (QED) is 0.758. The minimum absolute atomic E-state index is 0.666. The van der Waals surface area contributed by atoms with Crippen LogP contribution in [-0.4, -0.2) is 45.5 Å². The van der Waals surface area contributed by atoms with Crippen molar-refractivity contribution in [2.24, 2.45) is 0 Å². The van der Waals surface area contributed by atoms with Crippen molar-refractivity contribution >= 4 is 5.69 Å². The van der Waals surface area contributed by atoms with Crippen molar-refractivity contribution in [2.75, 3.05) is 24.5 Å². The molecule has 1 fully saturated rings. The monoisotopic (exact) mass is 373 g/mol. The number of anilines is 1. The Kier molecular flexibility index (Phi) is 4.61. The number of aryl methyl sites for hydroxylation is 1. The zero-order valence-corrected chi connectivity index (χ0v) is 16.4. The molecule has 1 saturated heterocycles. The molecule has 0 atom stereocenters. The summed E-state index contributed by atoms with van der Waals surface area (Å²) < 4.78 is 0. The normalized spacial score (nSPS) is 18.2. The summed E-state index contributed by atoms with van der Waals surface area (Å²) >= 11 is 0. The highest BCUT2D eigenvalue weighted by atomic mass is 15.2. The van der Waals surface area contributed by atoms with Gasteiger partial charge in [0.05, 0.1) is 11.4 Å². The molecule has 1 aromatic carbocycles. The van der Waals surface area contributed by atoms with E-state index in [1.54, 1.807) is 6.20 Å². The van der Waals surface area contributed by atoms with Crippen LogP contribution in [-0.2, 0) is 13.0 Å².